The third-order valence-corrected chi connectivity index (χ3v) is 2.71. The molecule has 1 aliphatic heterocycles. The molecule has 2 heterocycles. The SMILES string of the molecule is O=c1nc(NO)c(F)cn1[C@H]1CC(O)[C@@H](CO)O1. The summed E-state index contributed by atoms with van der Waals surface area (Å²) in [5, 5.41) is 26.9. The lowest BCUT2D eigenvalue weighted by molar-refractivity contribution is -0.0461. The first-order chi connectivity index (χ1) is 8.56. The van der Waals surface area contributed by atoms with Gasteiger partial charge in [0.15, 0.2) is 11.6 Å². The number of aliphatic hydroxyl groups excluding tert-OH is 2. The van der Waals surface area contributed by atoms with Gasteiger partial charge in [0.05, 0.1) is 18.9 Å². The van der Waals surface area contributed by atoms with Gasteiger partial charge in [-0.15, -0.1) is 0 Å². The fourth-order valence-corrected chi connectivity index (χ4v) is 1.78. The van der Waals surface area contributed by atoms with Crippen LogP contribution >= 0.6 is 0 Å². The van der Waals surface area contributed by atoms with Crippen LogP contribution in [0.5, 0.6) is 0 Å². The van der Waals surface area contributed by atoms with Crippen molar-refractivity contribution < 1.29 is 24.5 Å². The Morgan fingerprint density at radius 3 is 2.94 bits per heavy atom. The van der Waals surface area contributed by atoms with Gasteiger partial charge in [-0.2, -0.15) is 4.98 Å². The highest BCUT2D eigenvalue weighted by Crippen LogP contribution is 2.27. The topological polar surface area (TPSA) is 117 Å². The molecule has 18 heavy (non-hydrogen) atoms. The molecule has 1 aliphatic rings. The first-order valence-corrected chi connectivity index (χ1v) is 5.20. The van der Waals surface area contributed by atoms with Crippen molar-refractivity contribution in [1.82, 2.24) is 9.55 Å². The number of nitrogens with zero attached hydrogens (tertiary/aromatic N) is 2. The monoisotopic (exact) mass is 261 g/mol. The Hall–Kier alpha value is -1.55. The van der Waals surface area contributed by atoms with Gasteiger partial charge in [-0.25, -0.2) is 14.7 Å². The van der Waals surface area contributed by atoms with Crippen molar-refractivity contribution in [1.29, 1.82) is 0 Å². The van der Waals surface area contributed by atoms with E-state index in [9.17, 15) is 14.3 Å². The molecular weight excluding hydrogens is 249 g/mol. The van der Waals surface area contributed by atoms with Crippen LogP contribution in [0.15, 0.2) is 11.0 Å². The van der Waals surface area contributed by atoms with Crippen molar-refractivity contribution in [2.75, 3.05) is 12.1 Å². The Bertz CT molecular complexity index is 494. The predicted molar refractivity (Wildman–Crippen MR) is 55.5 cm³/mol. The summed E-state index contributed by atoms with van der Waals surface area (Å²) in [5.74, 6) is -1.53. The maximum atomic E-state index is 13.3. The van der Waals surface area contributed by atoms with Gasteiger partial charge in [0.2, 0.25) is 0 Å². The van der Waals surface area contributed by atoms with Crippen LogP contribution < -0.4 is 11.2 Å². The van der Waals surface area contributed by atoms with Crippen molar-refractivity contribution in [3.63, 3.8) is 0 Å². The minimum atomic E-state index is -0.942. The van der Waals surface area contributed by atoms with Gasteiger partial charge >= 0.3 is 5.69 Å². The molecule has 0 radical (unpaired) electrons. The third kappa shape index (κ3) is 2.20. The summed E-state index contributed by atoms with van der Waals surface area (Å²) in [6.45, 7) is -0.404. The minimum absolute atomic E-state index is 0.0398. The zero-order valence-corrected chi connectivity index (χ0v) is 9.15. The number of anilines is 1. The van der Waals surface area contributed by atoms with Crippen LogP contribution in [-0.4, -0.2) is 43.8 Å². The largest absolute Gasteiger partial charge is 0.394 e. The van der Waals surface area contributed by atoms with Gasteiger partial charge in [0, 0.05) is 6.42 Å². The van der Waals surface area contributed by atoms with E-state index in [1.54, 1.807) is 0 Å². The summed E-state index contributed by atoms with van der Waals surface area (Å²) in [5.41, 5.74) is 0.609. The van der Waals surface area contributed by atoms with Crippen molar-refractivity contribution in [3.05, 3.63) is 22.5 Å². The van der Waals surface area contributed by atoms with E-state index >= 15 is 0 Å². The Kier molecular flexibility index (Phi) is 3.57. The first-order valence-electron chi connectivity index (χ1n) is 5.20. The van der Waals surface area contributed by atoms with Crippen LogP contribution in [0.25, 0.3) is 0 Å². The van der Waals surface area contributed by atoms with E-state index in [1.165, 1.54) is 5.48 Å². The fourth-order valence-electron chi connectivity index (χ4n) is 1.78. The van der Waals surface area contributed by atoms with E-state index in [0.29, 0.717) is 0 Å². The first kappa shape index (κ1) is 12.9. The van der Waals surface area contributed by atoms with Gasteiger partial charge < -0.3 is 14.9 Å². The van der Waals surface area contributed by atoms with Crippen LogP contribution in [0.4, 0.5) is 10.2 Å². The van der Waals surface area contributed by atoms with Crippen LogP contribution in [0.3, 0.4) is 0 Å². The quantitative estimate of drug-likeness (QED) is 0.506. The number of ether oxygens (including phenoxy) is 1. The van der Waals surface area contributed by atoms with E-state index in [0.717, 1.165) is 10.8 Å². The lowest BCUT2D eigenvalue weighted by Gasteiger charge is -2.14. The molecule has 4 N–H and O–H groups in total. The van der Waals surface area contributed by atoms with Gasteiger partial charge in [-0.05, 0) is 0 Å². The maximum absolute atomic E-state index is 13.3. The van der Waals surface area contributed by atoms with Crippen LogP contribution in [-0.2, 0) is 4.74 Å². The molecule has 0 aliphatic carbocycles. The van der Waals surface area contributed by atoms with Gasteiger partial charge in [-0.3, -0.25) is 9.77 Å². The zero-order valence-electron chi connectivity index (χ0n) is 9.15. The number of halogens is 1. The van der Waals surface area contributed by atoms with Crippen molar-refractivity contribution in [2.24, 2.45) is 0 Å². The molecule has 1 fully saturated rings. The molecule has 0 aromatic carbocycles. The van der Waals surface area contributed by atoms with E-state index in [1.807, 2.05) is 0 Å². The summed E-state index contributed by atoms with van der Waals surface area (Å²) in [6.07, 6.45) is -1.81. The molecule has 0 amide bonds. The number of rotatable bonds is 3. The van der Waals surface area contributed by atoms with Crippen LogP contribution in [0.1, 0.15) is 12.6 Å². The fraction of sp³-hybridized carbons (Fsp3) is 0.556. The molecule has 0 bridgehead atoms. The molecule has 0 saturated carbocycles. The second-order valence-electron chi connectivity index (χ2n) is 3.85. The smallest absolute Gasteiger partial charge is 0.351 e. The second-order valence-corrected chi connectivity index (χ2v) is 3.85. The highest BCUT2D eigenvalue weighted by molar-refractivity contribution is 5.30. The summed E-state index contributed by atoms with van der Waals surface area (Å²) in [7, 11) is 0. The number of hydrogen-bond acceptors (Lipinski definition) is 7. The van der Waals surface area contributed by atoms with Gasteiger partial charge in [0.25, 0.3) is 0 Å². The second kappa shape index (κ2) is 4.98. The molecule has 8 nitrogen and oxygen atoms in total. The standard InChI is InChI=1S/C9H12FN3O5/c10-4-2-13(9(16)11-8(4)12-17)7-1-5(15)6(3-14)18-7/h2,5-7,14-15,17H,1,3H2,(H,11,12,16)/t5?,6-,7-/m1/s1. The van der Waals surface area contributed by atoms with Crippen molar-refractivity contribution in [2.45, 2.75) is 24.9 Å². The average molecular weight is 261 g/mol. The highest BCUT2D eigenvalue weighted by atomic mass is 19.1. The van der Waals surface area contributed by atoms with Crippen LogP contribution in [0, 0.1) is 5.82 Å². The molecule has 3 atom stereocenters. The van der Waals surface area contributed by atoms with Crippen molar-refractivity contribution >= 4 is 5.82 Å². The average Bonchev–Trinajstić information content (AvgIpc) is 2.72. The molecule has 1 unspecified atom stereocenters. The van der Waals surface area contributed by atoms with Gasteiger partial charge in [0.1, 0.15) is 12.3 Å². The maximum Gasteiger partial charge on any atom is 0.351 e. The molecular formula is C9H12FN3O5. The molecule has 1 saturated heterocycles. The number of hydrogen-bond donors (Lipinski definition) is 4. The summed E-state index contributed by atoms with van der Waals surface area (Å²) >= 11 is 0. The van der Waals surface area contributed by atoms with E-state index in [-0.39, 0.29) is 6.42 Å². The van der Waals surface area contributed by atoms with E-state index in [2.05, 4.69) is 4.98 Å². The molecule has 1 aromatic heterocycles. The van der Waals surface area contributed by atoms with Crippen LogP contribution in [0.2, 0.25) is 0 Å². The number of aliphatic hydroxyl groups is 2. The molecule has 2 rings (SSSR count). The zero-order chi connectivity index (χ0) is 13.3. The van der Waals surface area contributed by atoms with Crippen molar-refractivity contribution in [3.8, 4) is 0 Å². The minimum Gasteiger partial charge on any atom is -0.394 e. The molecule has 0 spiro atoms. The molecule has 1 aromatic rings. The summed E-state index contributed by atoms with van der Waals surface area (Å²) < 4.78 is 19.4. The molecule has 100 valence electrons. The van der Waals surface area contributed by atoms with E-state index < -0.39 is 42.4 Å². The third-order valence-electron chi connectivity index (χ3n) is 2.71. The summed E-state index contributed by atoms with van der Waals surface area (Å²) in [4.78, 5) is 14.8. The Morgan fingerprint density at radius 2 is 2.39 bits per heavy atom. The lowest BCUT2D eigenvalue weighted by Crippen LogP contribution is -2.29. The Balaban J connectivity index is 2.30. The van der Waals surface area contributed by atoms with E-state index in [4.69, 9.17) is 15.1 Å². The lowest BCUT2D eigenvalue weighted by atomic mass is 10.2. The number of aromatic nitrogens is 2. The summed E-state index contributed by atoms with van der Waals surface area (Å²) in [6, 6.07) is 0. The highest BCUT2D eigenvalue weighted by Gasteiger charge is 2.35. The normalized spacial score (nSPS) is 27.4. The Morgan fingerprint density at radius 1 is 1.67 bits per heavy atom. The molecule has 9 heteroatoms. The predicted octanol–water partition coefficient (Wildman–Crippen LogP) is -1.18. The Labute approximate surface area is 100 Å². The number of nitrogens with one attached hydrogen (secondary N) is 1. The van der Waals surface area contributed by atoms with Gasteiger partial charge in [-0.1, -0.05) is 0 Å².